The standard InChI is InChI=1S/C12H15NO2/c1-8(14)10-7-9-5-4-6-11(15-3)12(9)13(10)2/h4-8,14H,1-3H3. The highest BCUT2D eigenvalue weighted by Crippen LogP contribution is 2.30. The third kappa shape index (κ3) is 1.49. The number of aryl methyl sites for hydroxylation is 1. The van der Waals surface area contributed by atoms with E-state index in [1.54, 1.807) is 14.0 Å². The van der Waals surface area contributed by atoms with Gasteiger partial charge in [-0.05, 0) is 19.1 Å². The van der Waals surface area contributed by atoms with Gasteiger partial charge in [-0.3, -0.25) is 0 Å². The quantitative estimate of drug-likeness (QED) is 0.815. The first-order valence-corrected chi connectivity index (χ1v) is 4.95. The molecular weight excluding hydrogens is 190 g/mol. The fourth-order valence-electron chi connectivity index (χ4n) is 1.97. The van der Waals surface area contributed by atoms with E-state index in [1.165, 1.54) is 0 Å². The number of nitrogens with zero attached hydrogens (tertiary/aromatic N) is 1. The van der Waals surface area contributed by atoms with Crippen molar-refractivity contribution in [2.45, 2.75) is 13.0 Å². The molecule has 0 amide bonds. The molecule has 1 atom stereocenters. The Balaban J connectivity index is 2.77. The van der Waals surface area contributed by atoms with Gasteiger partial charge in [0.1, 0.15) is 5.75 Å². The van der Waals surface area contributed by atoms with Gasteiger partial charge in [0.05, 0.1) is 18.7 Å². The van der Waals surface area contributed by atoms with E-state index >= 15 is 0 Å². The molecule has 0 aliphatic carbocycles. The van der Waals surface area contributed by atoms with Crippen molar-refractivity contribution in [1.29, 1.82) is 0 Å². The average Bonchev–Trinajstić information content (AvgIpc) is 2.56. The van der Waals surface area contributed by atoms with Crippen molar-refractivity contribution in [3.63, 3.8) is 0 Å². The lowest BCUT2D eigenvalue weighted by Gasteiger charge is -2.08. The van der Waals surface area contributed by atoms with E-state index in [9.17, 15) is 5.11 Å². The number of ether oxygens (including phenoxy) is 1. The van der Waals surface area contributed by atoms with Gasteiger partial charge in [0.25, 0.3) is 0 Å². The number of aliphatic hydroxyl groups is 1. The third-order valence-electron chi connectivity index (χ3n) is 2.70. The largest absolute Gasteiger partial charge is 0.495 e. The molecule has 3 heteroatoms. The average molecular weight is 205 g/mol. The number of aromatic nitrogens is 1. The number of aliphatic hydroxyl groups excluding tert-OH is 1. The summed E-state index contributed by atoms with van der Waals surface area (Å²) in [5.41, 5.74) is 1.92. The molecule has 0 spiro atoms. The van der Waals surface area contributed by atoms with Gasteiger partial charge >= 0.3 is 0 Å². The summed E-state index contributed by atoms with van der Waals surface area (Å²) in [5, 5.41) is 10.7. The van der Waals surface area contributed by atoms with Crippen LogP contribution < -0.4 is 4.74 Å². The van der Waals surface area contributed by atoms with Gasteiger partial charge < -0.3 is 14.4 Å². The second-order valence-electron chi connectivity index (χ2n) is 3.70. The number of methoxy groups -OCH3 is 1. The normalized spacial score (nSPS) is 13.1. The van der Waals surface area contributed by atoms with Gasteiger partial charge in [-0.2, -0.15) is 0 Å². The van der Waals surface area contributed by atoms with Gasteiger partial charge in [-0.15, -0.1) is 0 Å². The summed E-state index contributed by atoms with van der Waals surface area (Å²) in [7, 11) is 3.59. The van der Waals surface area contributed by atoms with E-state index in [-0.39, 0.29) is 0 Å². The van der Waals surface area contributed by atoms with Crippen LogP contribution in [-0.4, -0.2) is 16.8 Å². The summed E-state index contributed by atoms with van der Waals surface area (Å²) in [6.07, 6.45) is -0.466. The van der Waals surface area contributed by atoms with Crippen molar-refractivity contribution in [2.24, 2.45) is 7.05 Å². The zero-order valence-electron chi connectivity index (χ0n) is 9.19. The molecule has 1 aromatic carbocycles. The molecular formula is C12H15NO2. The van der Waals surface area contributed by atoms with Crippen LogP contribution in [-0.2, 0) is 7.05 Å². The maximum absolute atomic E-state index is 9.61. The van der Waals surface area contributed by atoms with Crippen molar-refractivity contribution < 1.29 is 9.84 Å². The number of fused-ring (bicyclic) bond motifs is 1. The van der Waals surface area contributed by atoms with Crippen LogP contribution in [0.25, 0.3) is 10.9 Å². The lowest BCUT2D eigenvalue weighted by atomic mass is 10.2. The minimum Gasteiger partial charge on any atom is -0.495 e. The number of hydrogen-bond donors (Lipinski definition) is 1. The van der Waals surface area contributed by atoms with Crippen LogP contribution >= 0.6 is 0 Å². The fraction of sp³-hybridized carbons (Fsp3) is 0.333. The first-order chi connectivity index (χ1) is 7.15. The Morgan fingerprint density at radius 1 is 1.40 bits per heavy atom. The number of hydrogen-bond acceptors (Lipinski definition) is 2. The molecule has 2 aromatic rings. The van der Waals surface area contributed by atoms with E-state index in [2.05, 4.69) is 0 Å². The maximum Gasteiger partial charge on any atom is 0.143 e. The monoisotopic (exact) mass is 205 g/mol. The highest BCUT2D eigenvalue weighted by molar-refractivity contribution is 5.87. The van der Waals surface area contributed by atoms with Crippen LogP contribution in [0.5, 0.6) is 5.75 Å². The smallest absolute Gasteiger partial charge is 0.143 e. The Morgan fingerprint density at radius 2 is 2.13 bits per heavy atom. The topological polar surface area (TPSA) is 34.4 Å². The van der Waals surface area contributed by atoms with E-state index in [0.717, 1.165) is 22.3 Å². The van der Waals surface area contributed by atoms with E-state index in [4.69, 9.17) is 4.74 Å². The number of benzene rings is 1. The first-order valence-electron chi connectivity index (χ1n) is 4.95. The fourth-order valence-corrected chi connectivity index (χ4v) is 1.97. The summed E-state index contributed by atoms with van der Waals surface area (Å²) >= 11 is 0. The molecule has 1 N–H and O–H groups in total. The SMILES string of the molecule is COc1cccc2cc(C(C)O)n(C)c12. The Bertz CT molecular complexity index is 486. The second kappa shape index (κ2) is 3.59. The lowest BCUT2D eigenvalue weighted by molar-refractivity contribution is 0.191. The van der Waals surface area contributed by atoms with Crippen LogP contribution in [0.15, 0.2) is 24.3 Å². The first kappa shape index (κ1) is 10.1. The van der Waals surface area contributed by atoms with Crippen molar-refractivity contribution in [1.82, 2.24) is 4.57 Å². The second-order valence-corrected chi connectivity index (χ2v) is 3.70. The lowest BCUT2D eigenvalue weighted by Crippen LogP contribution is -2.00. The molecule has 2 rings (SSSR count). The van der Waals surface area contributed by atoms with Gasteiger partial charge in [-0.25, -0.2) is 0 Å². The summed E-state index contributed by atoms with van der Waals surface area (Å²) in [5.74, 6) is 0.835. The predicted octanol–water partition coefficient (Wildman–Crippen LogP) is 2.24. The highest BCUT2D eigenvalue weighted by atomic mass is 16.5. The summed E-state index contributed by atoms with van der Waals surface area (Å²) in [4.78, 5) is 0. The molecule has 0 saturated heterocycles. The molecule has 15 heavy (non-hydrogen) atoms. The molecule has 0 aliphatic heterocycles. The molecule has 1 heterocycles. The minimum atomic E-state index is -0.466. The predicted molar refractivity (Wildman–Crippen MR) is 60.1 cm³/mol. The Kier molecular flexibility index (Phi) is 2.40. The minimum absolute atomic E-state index is 0.466. The van der Waals surface area contributed by atoms with Crippen LogP contribution in [0.2, 0.25) is 0 Å². The summed E-state index contributed by atoms with van der Waals surface area (Å²) in [6.45, 7) is 1.76. The number of rotatable bonds is 2. The van der Waals surface area contributed by atoms with E-state index in [1.807, 2.05) is 35.9 Å². The Morgan fingerprint density at radius 3 is 2.73 bits per heavy atom. The Labute approximate surface area is 88.9 Å². The molecule has 0 fully saturated rings. The third-order valence-corrected chi connectivity index (χ3v) is 2.70. The molecule has 3 nitrogen and oxygen atoms in total. The van der Waals surface area contributed by atoms with Crippen molar-refractivity contribution in [3.8, 4) is 5.75 Å². The van der Waals surface area contributed by atoms with Crippen LogP contribution in [0.1, 0.15) is 18.7 Å². The zero-order chi connectivity index (χ0) is 11.0. The van der Waals surface area contributed by atoms with Crippen molar-refractivity contribution in [3.05, 3.63) is 30.0 Å². The molecule has 80 valence electrons. The van der Waals surface area contributed by atoms with Crippen LogP contribution in [0.3, 0.4) is 0 Å². The van der Waals surface area contributed by atoms with Gasteiger partial charge in [-0.1, -0.05) is 12.1 Å². The van der Waals surface area contributed by atoms with E-state index < -0.39 is 6.10 Å². The van der Waals surface area contributed by atoms with Gasteiger partial charge in [0.15, 0.2) is 0 Å². The molecule has 0 saturated carbocycles. The molecule has 0 radical (unpaired) electrons. The summed E-state index contributed by atoms with van der Waals surface area (Å²) < 4.78 is 7.27. The van der Waals surface area contributed by atoms with Crippen LogP contribution in [0.4, 0.5) is 0 Å². The molecule has 1 aromatic heterocycles. The van der Waals surface area contributed by atoms with E-state index in [0.29, 0.717) is 0 Å². The number of para-hydroxylation sites is 1. The molecule has 1 unspecified atom stereocenters. The van der Waals surface area contributed by atoms with Crippen molar-refractivity contribution in [2.75, 3.05) is 7.11 Å². The molecule has 0 bridgehead atoms. The molecule has 0 aliphatic rings. The maximum atomic E-state index is 9.61. The zero-order valence-corrected chi connectivity index (χ0v) is 9.19. The summed E-state index contributed by atoms with van der Waals surface area (Å²) in [6, 6.07) is 7.88. The van der Waals surface area contributed by atoms with Crippen molar-refractivity contribution >= 4 is 10.9 Å². The Hall–Kier alpha value is -1.48. The van der Waals surface area contributed by atoms with Gasteiger partial charge in [0.2, 0.25) is 0 Å². The van der Waals surface area contributed by atoms with Gasteiger partial charge in [0, 0.05) is 18.1 Å². The highest BCUT2D eigenvalue weighted by Gasteiger charge is 2.12. The van der Waals surface area contributed by atoms with Crippen LogP contribution in [0, 0.1) is 0 Å².